The maximum Gasteiger partial charge on any atom is -0.0533 e. The molecule has 0 bridgehead atoms. The second-order valence-electron chi connectivity index (χ2n) is 2.41. The zero-order valence-electron chi connectivity index (χ0n) is 7.47. The Bertz CT molecular complexity index is 34.3. The first-order valence-electron chi connectivity index (χ1n) is 3.91. The standard InChI is InChI=1S/C8H18.3BrH/c1-3-5-7-8-6-4-2;;;/h3-8H2,1-2H3;3*1H. The maximum atomic E-state index is 2.26. The van der Waals surface area contributed by atoms with Gasteiger partial charge in [0.2, 0.25) is 0 Å². The van der Waals surface area contributed by atoms with E-state index in [2.05, 4.69) is 13.8 Å². The van der Waals surface area contributed by atoms with Crippen LogP contribution < -0.4 is 0 Å². The molecule has 11 heavy (non-hydrogen) atoms. The Hall–Kier alpha value is 1.44. The molecule has 0 aromatic heterocycles. The van der Waals surface area contributed by atoms with Crippen LogP contribution in [0.2, 0.25) is 0 Å². The van der Waals surface area contributed by atoms with Gasteiger partial charge < -0.3 is 0 Å². The van der Waals surface area contributed by atoms with Crippen LogP contribution in [0.5, 0.6) is 0 Å². The van der Waals surface area contributed by atoms with E-state index in [0.29, 0.717) is 0 Å². The first-order chi connectivity index (χ1) is 3.91. The minimum absolute atomic E-state index is 0. The third kappa shape index (κ3) is 24.6. The maximum absolute atomic E-state index is 2.26. The highest BCUT2D eigenvalue weighted by molar-refractivity contribution is 8.93. The highest BCUT2D eigenvalue weighted by Gasteiger charge is 1.83. The molecule has 0 saturated carbocycles. The molecule has 0 atom stereocenters. The summed E-state index contributed by atoms with van der Waals surface area (Å²) in [6.07, 6.45) is 8.49. The molecule has 0 spiro atoms. The summed E-state index contributed by atoms with van der Waals surface area (Å²) in [5.41, 5.74) is 0. The van der Waals surface area contributed by atoms with Gasteiger partial charge in [0.25, 0.3) is 0 Å². The molecule has 0 aromatic carbocycles. The van der Waals surface area contributed by atoms with Crippen LogP contribution in [0, 0.1) is 0 Å². The fourth-order valence-electron chi connectivity index (χ4n) is 0.854. The van der Waals surface area contributed by atoms with Crippen molar-refractivity contribution in [3.8, 4) is 0 Å². The molecule has 0 aromatic rings. The summed E-state index contributed by atoms with van der Waals surface area (Å²) in [7, 11) is 0. The van der Waals surface area contributed by atoms with Gasteiger partial charge in [-0.25, -0.2) is 0 Å². The topological polar surface area (TPSA) is 0 Å². The fraction of sp³-hybridized carbons (Fsp3) is 1.00. The van der Waals surface area contributed by atoms with Gasteiger partial charge in [0.15, 0.2) is 0 Å². The van der Waals surface area contributed by atoms with Gasteiger partial charge in [0.1, 0.15) is 0 Å². The summed E-state index contributed by atoms with van der Waals surface area (Å²) >= 11 is 0. The molecule has 0 saturated heterocycles. The molecule has 0 aliphatic heterocycles. The number of halogens is 3. The van der Waals surface area contributed by atoms with Gasteiger partial charge in [0.05, 0.1) is 0 Å². The Labute approximate surface area is 103 Å². The molecule has 0 unspecified atom stereocenters. The van der Waals surface area contributed by atoms with E-state index in [9.17, 15) is 0 Å². The summed E-state index contributed by atoms with van der Waals surface area (Å²) in [4.78, 5) is 0. The van der Waals surface area contributed by atoms with Gasteiger partial charge >= 0.3 is 0 Å². The molecular formula is C8H21Br3. The molecule has 0 radical (unpaired) electrons. The minimum atomic E-state index is 0. The summed E-state index contributed by atoms with van der Waals surface area (Å²) in [6.45, 7) is 4.51. The highest BCUT2D eigenvalue weighted by atomic mass is 79.9. The smallest absolute Gasteiger partial charge is 0.0533 e. The first kappa shape index (κ1) is 22.9. The summed E-state index contributed by atoms with van der Waals surface area (Å²) in [5.74, 6) is 0. The molecule has 74 valence electrons. The second-order valence-corrected chi connectivity index (χ2v) is 2.41. The van der Waals surface area contributed by atoms with Crippen molar-refractivity contribution in [3.63, 3.8) is 0 Å². The molecule has 0 rings (SSSR count). The monoisotopic (exact) mass is 354 g/mol. The Morgan fingerprint density at radius 3 is 1.00 bits per heavy atom. The lowest BCUT2D eigenvalue weighted by Gasteiger charge is -1.93. The van der Waals surface area contributed by atoms with E-state index < -0.39 is 0 Å². The van der Waals surface area contributed by atoms with Gasteiger partial charge in [-0.1, -0.05) is 52.4 Å². The van der Waals surface area contributed by atoms with E-state index in [1.165, 1.54) is 38.5 Å². The molecule has 3 heteroatoms. The van der Waals surface area contributed by atoms with Crippen molar-refractivity contribution in [2.24, 2.45) is 0 Å². The van der Waals surface area contributed by atoms with Crippen molar-refractivity contribution in [1.82, 2.24) is 0 Å². The molecule has 0 nitrogen and oxygen atoms in total. The summed E-state index contributed by atoms with van der Waals surface area (Å²) in [5, 5.41) is 0. The molecular weight excluding hydrogens is 336 g/mol. The largest absolute Gasteiger partial charge is 0.114 e. The van der Waals surface area contributed by atoms with Crippen LogP contribution in [0.1, 0.15) is 52.4 Å². The lowest BCUT2D eigenvalue weighted by molar-refractivity contribution is 0.624. The van der Waals surface area contributed by atoms with Crippen molar-refractivity contribution >= 4 is 50.9 Å². The molecule has 0 heterocycles. The van der Waals surface area contributed by atoms with Gasteiger partial charge in [0, 0.05) is 0 Å². The molecule has 0 aliphatic rings. The Morgan fingerprint density at radius 2 is 0.818 bits per heavy atom. The van der Waals surface area contributed by atoms with Crippen molar-refractivity contribution in [1.29, 1.82) is 0 Å². The Kier molecular flexibility index (Phi) is 46.8. The van der Waals surface area contributed by atoms with E-state index in [1.807, 2.05) is 0 Å². The minimum Gasteiger partial charge on any atom is -0.114 e. The predicted molar refractivity (Wildman–Crippen MR) is 70.0 cm³/mol. The van der Waals surface area contributed by atoms with Crippen LogP contribution in [-0.2, 0) is 0 Å². The normalized spacial score (nSPS) is 7.09. The number of hydrogen-bond donors (Lipinski definition) is 0. The third-order valence-electron chi connectivity index (χ3n) is 1.46. The van der Waals surface area contributed by atoms with Gasteiger partial charge in [-0.3, -0.25) is 0 Å². The van der Waals surface area contributed by atoms with Crippen molar-refractivity contribution in [2.45, 2.75) is 52.4 Å². The zero-order valence-corrected chi connectivity index (χ0v) is 12.6. The molecule has 0 fully saturated rings. The third-order valence-corrected chi connectivity index (χ3v) is 1.46. The highest BCUT2D eigenvalue weighted by Crippen LogP contribution is 2.03. The molecule has 0 amide bonds. The summed E-state index contributed by atoms with van der Waals surface area (Å²) in [6, 6.07) is 0. The lowest BCUT2D eigenvalue weighted by atomic mass is 10.1. The van der Waals surface area contributed by atoms with Crippen molar-refractivity contribution in [3.05, 3.63) is 0 Å². The van der Waals surface area contributed by atoms with Crippen LogP contribution in [-0.4, -0.2) is 0 Å². The predicted octanol–water partition coefficient (Wildman–Crippen LogP) is 5.10. The number of unbranched alkanes of at least 4 members (excludes halogenated alkanes) is 5. The number of rotatable bonds is 5. The van der Waals surface area contributed by atoms with E-state index in [0.717, 1.165) is 0 Å². The van der Waals surface area contributed by atoms with E-state index in [1.54, 1.807) is 0 Å². The van der Waals surface area contributed by atoms with Crippen LogP contribution in [0.3, 0.4) is 0 Å². The van der Waals surface area contributed by atoms with Crippen LogP contribution in [0.25, 0.3) is 0 Å². The Morgan fingerprint density at radius 1 is 0.545 bits per heavy atom. The average Bonchev–Trinajstić information content (AvgIpc) is 1.81. The first-order valence-corrected chi connectivity index (χ1v) is 3.91. The van der Waals surface area contributed by atoms with Gasteiger partial charge in [-0.2, -0.15) is 0 Å². The van der Waals surface area contributed by atoms with Gasteiger partial charge in [-0.15, -0.1) is 50.9 Å². The Balaban J connectivity index is -0.0000000817. The van der Waals surface area contributed by atoms with Crippen LogP contribution in [0.15, 0.2) is 0 Å². The summed E-state index contributed by atoms with van der Waals surface area (Å²) < 4.78 is 0. The van der Waals surface area contributed by atoms with Crippen molar-refractivity contribution in [2.75, 3.05) is 0 Å². The second kappa shape index (κ2) is 22.5. The average molecular weight is 357 g/mol. The van der Waals surface area contributed by atoms with Crippen LogP contribution >= 0.6 is 50.9 Å². The SMILES string of the molecule is Br.Br.Br.CCCCCCCC. The molecule has 0 N–H and O–H groups in total. The zero-order chi connectivity index (χ0) is 6.24. The van der Waals surface area contributed by atoms with Crippen LogP contribution in [0.4, 0.5) is 0 Å². The van der Waals surface area contributed by atoms with E-state index in [4.69, 9.17) is 0 Å². The molecule has 0 aliphatic carbocycles. The van der Waals surface area contributed by atoms with E-state index >= 15 is 0 Å². The number of hydrogen-bond acceptors (Lipinski definition) is 0. The quantitative estimate of drug-likeness (QED) is 0.601. The van der Waals surface area contributed by atoms with E-state index in [-0.39, 0.29) is 50.9 Å². The van der Waals surface area contributed by atoms with Crippen molar-refractivity contribution < 1.29 is 0 Å². The fourth-order valence-corrected chi connectivity index (χ4v) is 0.854. The van der Waals surface area contributed by atoms with Gasteiger partial charge in [-0.05, 0) is 0 Å². The lowest BCUT2D eigenvalue weighted by Crippen LogP contribution is -1.73.